The van der Waals surface area contributed by atoms with Gasteiger partial charge in [-0.15, -0.1) is 11.8 Å². The van der Waals surface area contributed by atoms with Gasteiger partial charge in [-0.25, -0.2) is 0 Å². The van der Waals surface area contributed by atoms with Crippen molar-refractivity contribution >= 4 is 17.4 Å². The Kier molecular flexibility index (Phi) is 5.51. The summed E-state index contributed by atoms with van der Waals surface area (Å²) in [6, 6.07) is 9.88. The van der Waals surface area contributed by atoms with E-state index in [0.29, 0.717) is 6.04 Å². The van der Waals surface area contributed by atoms with Gasteiger partial charge in [0.25, 0.3) is 0 Å². The average Bonchev–Trinajstić information content (AvgIpc) is 3.02. The molecule has 0 bridgehead atoms. The Morgan fingerprint density at radius 1 is 1.00 bits per heavy atom. The van der Waals surface area contributed by atoms with Crippen LogP contribution in [-0.4, -0.2) is 11.3 Å². The standard InChI is InChI=1S/C19H29NS/c1-2-15-6-5-7-17(14-15)20-16-10-12-19(13-11-16)21-18-8-3-4-9-18/h10-13,15,17-18,20H,2-9,14H2,1H3. The van der Waals surface area contributed by atoms with Crippen LogP contribution in [-0.2, 0) is 0 Å². The summed E-state index contributed by atoms with van der Waals surface area (Å²) in [5.41, 5.74) is 1.31. The number of benzene rings is 1. The summed E-state index contributed by atoms with van der Waals surface area (Å²) in [6.45, 7) is 2.34. The summed E-state index contributed by atoms with van der Waals surface area (Å²) in [5, 5.41) is 4.62. The maximum Gasteiger partial charge on any atom is 0.0343 e. The molecule has 2 heteroatoms. The van der Waals surface area contributed by atoms with Crippen molar-refractivity contribution in [3.05, 3.63) is 24.3 Å². The minimum atomic E-state index is 0.692. The fourth-order valence-electron chi connectivity index (χ4n) is 3.86. The highest BCUT2D eigenvalue weighted by atomic mass is 32.2. The quantitative estimate of drug-likeness (QED) is 0.705. The highest BCUT2D eigenvalue weighted by Gasteiger charge is 2.20. The fraction of sp³-hybridized carbons (Fsp3) is 0.684. The Bertz CT molecular complexity index is 422. The normalized spacial score (nSPS) is 26.9. The van der Waals surface area contributed by atoms with Gasteiger partial charge in [-0.1, -0.05) is 39.0 Å². The zero-order valence-electron chi connectivity index (χ0n) is 13.3. The van der Waals surface area contributed by atoms with E-state index in [9.17, 15) is 0 Å². The van der Waals surface area contributed by atoms with E-state index in [1.165, 1.54) is 68.4 Å². The lowest BCUT2D eigenvalue weighted by atomic mass is 9.84. The zero-order valence-corrected chi connectivity index (χ0v) is 14.1. The number of anilines is 1. The number of thioether (sulfide) groups is 1. The average molecular weight is 304 g/mol. The molecule has 0 heterocycles. The first-order chi connectivity index (χ1) is 10.3. The van der Waals surface area contributed by atoms with Crippen molar-refractivity contribution in [3.63, 3.8) is 0 Å². The largest absolute Gasteiger partial charge is 0.382 e. The van der Waals surface area contributed by atoms with Crippen LogP contribution in [0.4, 0.5) is 5.69 Å². The summed E-state index contributed by atoms with van der Waals surface area (Å²) in [7, 11) is 0. The summed E-state index contributed by atoms with van der Waals surface area (Å²) in [5.74, 6) is 0.938. The van der Waals surface area contributed by atoms with Crippen molar-refractivity contribution in [2.75, 3.05) is 5.32 Å². The molecular weight excluding hydrogens is 274 g/mol. The molecule has 0 radical (unpaired) electrons. The van der Waals surface area contributed by atoms with Crippen LogP contribution in [0, 0.1) is 5.92 Å². The van der Waals surface area contributed by atoms with Gasteiger partial charge in [0.1, 0.15) is 0 Å². The lowest BCUT2D eigenvalue weighted by Gasteiger charge is -2.29. The molecular formula is C19H29NS. The molecule has 0 saturated heterocycles. The second kappa shape index (κ2) is 7.58. The molecule has 1 N–H and O–H groups in total. The van der Waals surface area contributed by atoms with E-state index in [1.807, 2.05) is 0 Å². The van der Waals surface area contributed by atoms with Crippen molar-refractivity contribution in [2.45, 2.75) is 80.9 Å². The van der Waals surface area contributed by atoms with E-state index in [4.69, 9.17) is 0 Å². The molecule has 2 atom stereocenters. The van der Waals surface area contributed by atoms with Crippen LogP contribution in [0.1, 0.15) is 64.7 Å². The van der Waals surface area contributed by atoms with Crippen LogP contribution < -0.4 is 5.32 Å². The molecule has 0 spiro atoms. The Morgan fingerprint density at radius 2 is 1.76 bits per heavy atom. The van der Waals surface area contributed by atoms with Gasteiger partial charge in [-0.05, 0) is 55.9 Å². The molecule has 0 aromatic heterocycles. The lowest BCUT2D eigenvalue weighted by Crippen LogP contribution is -2.26. The molecule has 116 valence electrons. The first kappa shape index (κ1) is 15.3. The maximum atomic E-state index is 3.76. The summed E-state index contributed by atoms with van der Waals surface area (Å²) >= 11 is 2.08. The Labute approximate surface area is 134 Å². The summed E-state index contributed by atoms with van der Waals surface area (Å²) < 4.78 is 0. The highest BCUT2D eigenvalue weighted by molar-refractivity contribution is 8.00. The van der Waals surface area contributed by atoms with E-state index in [2.05, 4.69) is 48.3 Å². The molecule has 0 aliphatic heterocycles. The molecule has 2 unspecified atom stereocenters. The minimum absolute atomic E-state index is 0.692. The Morgan fingerprint density at radius 3 is 2.48 bits per heavy atom. The maximum absolute atomic E-state index is 3.76. The molecule has 2 saturated carbocycles. The molecule has 21 heavy (non-hydrogen) atoms. The molecule has 3 rings (SSSR count). The van der Waals surface area contributed by atoms with Crippen LogP contribution in [0.5, 0.6) is 0 Å². The predicted octanol–water partition coefficient (Wildman–Crippen LogP) is 6.10. The van der Waals surface area contributed by atoms with Gasteiger partial charge in [-0.2, -0.15) is 0 Å². The lowest BCUT2D eigenvalue weighted by molar-refractivity contribution is 0.327. The molecule has 1 aromatic carbocycles. The molecule has 1 aromatic rings. The third-order valence-corrected chi connectivity index (χ3v) is 6.54. The SMILES string of the molecule is CCC1CCCC(Nc2ccc(SC3CCCC3)cc2)C1. The molecule has 1 nitrogen and oxygen atoms in total. The van der Waals surface area contributed by atoms with E-state index >= 15 is 0 Å². The van der Waals surface area contributed by atoms with E-state index in [-0.39, 0.29) is 0 Å². The third kappa shape index (κ3) is 4.42. The van der Waals surface area contributed by atoms with E-state index < -0.39 is 0 Å². The van der Waals surface area contributed by atoms with Gasteiger partial charge in [0.15, 0.2) is 0 Å². The number of hydrogen-bond acceptors (Lipinski definition) is 2. The van der Waals surface area contributed by atoms with Gasteiger partial charge in [-0.3, -0.25) is 0 Å². The van der Waals surface area contributed by atoms with Gasteiger partial charge >= 0.3 is 0 Å². The van der Waals surface area contributed by atoms with Gasteiger partial charge in [0, 0.05) is 21.9 Å². The number of nitrogens with one attached hydrogen (secondary N) is 1. The van der Waals surface area contributed by atoms with Crippen molar-refractivity contribution < 1.29 is 0 Å². The van der Waals surface area contributed by atoms with Crippen LogP contribution in [0.2, 0.25) is 0 Å². The van der Waals surface area contributed by atoms with Crippen molar-refractivity contribution in [2.24, 2.45) is 5.92 Å². The number of rotatable bonds is 5. The molecule has 0 amide bonds. The van der Waals surface area contributed by atoms with Crippen molar-refractivity contribution in [1.82, 2.24) is 0 Å². The van der Waals surface area contributed by atoms with Crippen LogP contribution in [0.3, 0.4) is 0 Å². The fourth-order valence-corrected chi connectivity index (χ4v) is 5.10. The van der Waals surface area contributed by atoms with Crippen molar-refractivity contribution in [3.8, 4) is 0 Å². The van der Waals surface area contributed by atoms with E-state index in [0.717, 1.165) is 11.2 Å². The summed E-state index contributed by atoms with van der Waals surface area (Å²) in [4.78, 5) is 1.45. The summed E-state index contributed by atoms with van der Waals surface area (Å²) in [6.07, 6.45) is 12.5. The topological polar surface area (TPSA) is 12.0 Å². The smallest absolute Gasteiger partial charge is 0.0343 e. The van der Waals surface area contributed by atoms with Crippen LogP contribution in [0.15, 0.2) is 29.2 Å². The van der Waals surface area contributed by atoms with E-state index in [1.54, 1.807) is 0 Å². The molecule has 2 fully saturated rings. The monoisotopic (exact) mass is 303 g/mol. The first-order valence-corrected chi connectivity index (χ1v) is 9.74. The van der Waals surface area contributed by atoms with Crippen LogP contribution >= 0.6 is 11.8 Å². The molecule has 2 aliphatic carbocycles. The van der Waals surface area contributed by atoms with Gasteiger partial charge in [0.2, 0.25) is 0 Å². The van der Waals surface area contributed by atoms with Gasteiger partial charge < -0.3 is 5.32 Å². The number of hydrogen-bond donors (Lipinski definition) is 1. The zero-order chi connectivity index (χ0) is 14.5. The third-order valence-electron chi connectivity index (χ3n) is 5.19. The molecule has 2 aliphatic rings. The first-order valence-electron chi connectivity index (χ1n) is 8.86. The van der Waals surface area contributed by atoms with Gasteiger partial charge in [0.05, 0.1) is 0 Å². The predicted molar refractivity (Wildman–Crippen MR) is 94.2 cm³/mol. The minimum Gasteiger partial charge on any atom is -0.382 e. The van der Waals surface area contributed by atoms with Crippen molar-refractivity contribution in [1.29, 1.82) is 0 Å². The Balaban J connectivity index is 1.51. The second-order valence-corrected chi connectivity index (χ2v) is 8.20. The second-order valence-electron chi connectivity index (χ2n) is 6.83. The Hall–Kier alpha value is -0.630. The van der Waals surface area contributed by atoms with Crippen LogP contribution in [0.25, 0.3) is 0 Å². The highest BCUT2D eigenvalue weighted by Crippen LogP contribution is 2.35.